The van der Waals surface area contributed by atoms with E-state index in [1.54, 1.807) is 7.05 Å². The number of hydrogen-bond donors (Lipinski definition) is 1. The molecule has 1 N–H and O–H groups in total. The van der Waals surface area contributed by atoms with Crippen LogP contribution in [0.25, 0.3) is 0 Å². The predicted octanol–water partition coefficient (Wildman–Crippen LogP) is 2.58. The van der Waals surface area contributed by atoms with E-state index in [0.717, 1.165) is 44.1 Å². The monoisotopic (exact) mass is 565 g/mol. The van der Waals surface area contributed by atoms with Gasteiger partial charge in [0.15, 0.2) is 5.96 Å². The number of rotatable bonds is 9. The Morgan fingerprint density at radius 3 is 2.52 bits per heavy atom. The zero-order valence-corrected chi connectivity index (χ0v) is 22.2. The van der Waals surface area contributed by atoms with Gasteiger partial charge in [-0.2, -0.15) is 0 Å². The summed E-state index contributed by atoms with van der Waals surface area (Å²) in [5, 5.41) is 4.12. The van der Waals surface area contributed by atoms with Crippen LogP contribution >= 0.6 is 35.6 Å². The number of nitrogens with one attached hydrogen (secondary N) is 1. The lowest BCUT2D eigenvalue weighted by atomic mass is 10.1. The van der Waals surface area contributed by atoms with Crippen LogP contribution in [-0.4, -0.2) is 99.7 Å². The van der Waals surface area contributed by atoms with Gasteiger partial charge < -0.3 is 24.8 Å². The van der Waals surface area contributed by atoms with Crippen LogP contribution in [0, 0.1) is 0 Å². The van der Waals surface area contributed by atoms with E-state index in [0.29, 0.717) is 31.1 Å². The number of amides is 1. The zero-order valence-electron chi connectivity index (χ0n) is 19.1. The minimum Gasteiger partial charge on any atom is -0.377 e. The van der Waals surface area contributed by atoms with Gasteiger partial charge in [-0.25, -0.2) is 0 Å². The number of carbonyl (C=O) groups excluding carboxylic acids is 1. The number of nitrogens with zero attached hydrogens (tertiary/aromatic N) is 4. The lowest BCUT2D eigenvalue weighted by molar-refractivity contribution is -0.131. The van der Waals surface area contributed by atoms with Crippen LogP contribution in [0.15, 0.2) is 29.3 Å². The normalized spacial score (nSPS) is 15.6. The Kier molecular flexibility index (Phi) is 13.4. The molecule has 1 heterocycles. The number of piperazine rings is 1. The molecular weight excluding hydrogens is 529 g/mol. The molecule has 1 aromatic rings. The van der Waals surface area contributed by atoms with Gasteiger partial charge in [0.1, 0.15) is 0 Å². The van der Waals surface area contributed by atoms with Gasteiger partial charge in [-0.3, -0.25) is 9.79 Å². The molecule has 31 heavy (non-hydrogen) atoms. The molecule has 176 valence electrons. The molecule has 1 fully saturated rings. The van der Waals surface area contributed by atoms with Crippen LogP contribution in [0.3, 0.4) is 0 Å². The molecule has 0 bridgehead atoms. The fraction of sp³-hybridized carbons (Fsp3) is 0.636. The molecule has 0 saturated carbocycles. The first-order valence-corrected chi connectivity index (χ1v) is 11.0. The number of hydrogen-bond acceptors (Lipinski definition) is 4. The summed E-state index contributed by atoms with van der Waals surface area (Å²) in [6.45, 7) is 7.34. The molecule has 1 amide bonds. The quantitative estimate of drug-likeness (QED) is 0.283. The van der Waals surface area contributed by atoms with Crippen LogP contribution in [0.4, 0.5) is 0 Å². The SMILES string of the molecule is CCOC(CCN(C)C)CNC(=NC)N1CCN(C(=O)Cc2cccc(Cl)c2)CC1.I. The first-order chi connectivity index (χ1) is 14.4. The van der Waals surface area contributed by atoms with Gasteiger partial charge >= 0.3 is 0 Å². The van der Waals surface area contributed by atoms with Crippen molar-refractivity contribution in [2.45, 2.75) is 25.9 Å². The topological polar surface area (TPSA) is 60.4 Å². The molecule has 2 rings (SSSR count). The van der Waals surface area contributed by atoms with Gasteiger partial charge in [-0.05, 0) is 45.1 Å². The van der Waals surface area contributed by atoms with Crippen molar-refractivity contribution < 1.29 is 9.53 Å². The lowest BCUT2D eigenvalue weighted by Crippen LogP contribution is -2.54. The average Bonchev–Trinajstić information content (AvgIpc) is 2.72. The predicted molar refractivity (Wildman–Crippen MR) is 139 cm³/mol. The van der Waals surface area contributed by atoms with Crippen molar-refractivity contribution in [1.29, 1.82) is 0 Å². The molecule has 1 atom stereocenters. The second-order valence-corrected chi connectivity index (χ2v) is 8.21. The molecule has 9 heteroatoms. The number of benzene rings is 1. The van der Waals surface area contributed by atoms with E-state index < -0.39 is 0 Å². The van der Waals surface area contributed by atoms with E-state index in [1.807, 2.05) is 36.1 Å². The van der Waals surface area contributed by atoms with Crippen LogP contribution in [0.1, 0.15) is 18.9 Å². The zero-order chi connectivity index (χ0) is 21.9. The first kappa shape index (κ1) is 27.9. The van der Waals surface area contributed by atoms with Gasteiger partial charge in [0.05, 0.1) is 12.5 Å². The maximum Gasteiger partial charge on any atom is 0.227 e. The summed E-state index contributed by atoms with van der Waals surface area (Å²) in [5.41, 5.74) is 0.951. The number of carbonyl (C=O) groups is 1. The summed E-state index contributed by atoms with van der Waals surface area (Å²) in [6.07, 6.45) is 1.50. The lowest BCUT2D eigenvalue weighted by Gasteiger charge is -2.37. The number of halogens is 2. The van der Waals surface area contributed by atoms with Crippen molar-refractivity contribution in [3.05, 3.63) is 34.9 Å². The van der Waals surface area contributed by atoms with Gasteiger partial charge in [0, 0.05) is 57.9 Å². The summed E-state index contributed by atoms with van der Waals surface area (Å²) >= 11 is 6.03. The van der Waals surface area contributed by atoms with Crippen LogP contribution in [-0.2, 0) is 16.0 Å². The third kappa shape index (κ3) is 9.93. The number of aliphatic imine (C=N–C) groups is 1. The Morgan fingerprint density at radius 1 is 1.26 bits per heavy atom. The highest BCUT2D eigenvalue weighted by Gasteiger charge is 2.23. The molecular formula is C22H37ClIN5O2. The summed E-state index contributed by atoms with van der Waals surface area (Å²) in [5.74, 6) is 1.01. The summed E-state index contributed by atoms with van der Waals surface area (Å²) < 4.78 is 5.86. The molecule has 1 saturated heterocycles. The second kappa shape index (κ2) is 14.9. The van der Waals surface area contributed by atoms with Crippen molar-refractivity contribution in [2.24, 2.45) is 4.99 Å². The van der Waals surface area contributed by atoms with Gasteiger partial charge in [0.2, 0.25) is 5.91 Å². The maximum absolute atomic E-state index is 12.6. The van der Waals surface area contributed by atoms with Crippen LogP contribution < -0.4 is 5.32 Å². The third-order valence-electron chi connectivity index (χ3n) is 5.18. The van der Waals surface area contributed by atoms with Gasteiger partial charge in [0.25, 0.3) is 0 Å². The largest absolute Gasteiger partial charge is 0.377 e. The van der Waals surface area contributed by atoms with E-state index in [9.17, 15) is 4.79 Å². The summed E-state index contributed by atoms with van der Waals surface area (Å²) in [7, 11) is 5.94. The summed E-state index contributed by atoms with van der Waals surface area (Å²) in [6, 6.07) is 7.50. The van der Waals surface area contributed by atoms with Crippen LogP contribution in [0.5, 0.6) is 0 Å². The molecule has 1 aliphatic heterocycles. The Morgan fingerprint density at radius 2 is 1.94 bits per heavy atom. The van der Waals surface area contributed by atoms with E-state index >= 15 is 0 Å². The second-order valence-electron chi connectivity index (χ2n) is 7.77. The van der Waals surface area contributed by atoms with Crippen molar-refractivity contribution in [1.82, 2.24) is 20.0 Å². The van der Waals surface area contributed by atoms with Crippen molar-refractivity contribution in [2.75, 3.05) is 67.0 Å². The van der Waals surface area contributed by atoms with Crippen molar-refractivity contribution in [3.63, 3.8) is 0 Å². The highest BCUT2D eigenvalue weighted by Crippen LogP contribution is 2.13. The smallest absolute Gasteiger partial charge is 0.227 e. The molecule has 0 radical (unpaired) electrons. The maximum atomic E-state index is 12.6. The molecule has 1 unspecified atom stereocenters. The van der Waals surface area contributed by atoms with Gasteiger partial charge in [-0.1, -0.05) is 23.7 Å². The third-order valence-corrected chi connectivity index (χ3v) is 5.41. The highest BCUT2D eigenvalue weighted by molar-refractivity contribution is 14.0. The average molecular weight is 566 g/mol. The highest BCUT2D eigenvalue weighted by atomic mass is 127. The Hall–Kier alpha value is -1.10. The van der Waals surface area contributed by atoms with Gasteiger partial charge in [-0.15, -0.1) is 24.0 Å². The number of ether oxygens (including phenoxy) is 1. The fourth-order valence-electron chi connectivity index (χ4n) is 3.52. The summed E-state index contributed by atoms with van der Waals surface area (Å²) in [4.78, 5) is 23.4. The Labute approximate surface area is 209 Å². The molecule has 0 spiro atoms. The minimum atomic E-state index is 0. The Bertz CT molecular complexity index is 696. The standard InChI is InChI=1S/C22H36ClN5O2.HI/c1-5-30-20(9-10-26(3)4)17-25-22(24-2)28-13-11-27(12-14-28)21(29)16-18-7-6-8-19(23)15-18;/h6-8,15,20H,5,9-14,16-17H2,1-4H3,(H,24,25);1H. The molecule has 1 aromatic carbocycles. The van der Waals surface area contributed by atoms with Crippen LogP contribution in [0.2, 0.25) is 5.02 Å². The molecule has 7 nitrogen and oxygen atoms in total. The molecule has 0 aromatic heterocycles. The number of guanidine groups is 1. The van der Waals surface area contributed by atoms with E-state index in [2.05, 4.69) is 34.2 Å². The first-order valence-electron chi connectivity index (χ1n) is 10.7. The van der Waals surface area contributed by atoms with Crippen molar-refractivity contribution >= 4 is 47.4 Å². The molecule has 1 aliphatic rings. The molecule has 0 aliphatic carbocycles. The van der Waals surface area contributed by atoms with Crippen molar-refractivity contribution in [3.8, 4) is 0 Å². The Balaban J connectivity index is 0.00000480. The van der Waals surface area contributed by atoms with E-state index in [1.165, 1.54) is 0 Å². The van der Waals surface area contributed by atoms with E-state index in [4.69, 9.17) is 16.3 Å². The fourth-order valence-corrected chi connectivity index (χ4v) is 3.73. The van der Waals surface area contributed by atoms with E-state index in [-0.39, 0.29) is 36.0 Å². The minimum absolute atomic E-state index is 0.